The van der Waals surface area contributed by atoms with E-state index in [1.54, 1.807) is 0 Å². The first-order chi connectivity index (χ1) is 6.72. The van der Waals surface area contributed by atoms with Crippen molar-refractivity contribution in [2.75, 3.05) is 13.2 Å². The molecule has 1 aliphatic heterocycles. The third-order valence-corrected chi connectivity index (χ3v) is 3.16. The topological polar surface area (TPSA) is 35.2 Å². The van der Waals surface area contributed by atoms with Gasteiger partial charge in [-0.3, -0.25) is 0 Å². The summed E-state index contributed by atoms with van der Waals surface area (Å²) in [6, 6.07) is 5.76. The highest BCUT2D eigenvalue weighted by Crippen LogP contribution is 2.37. The zero-order chi connectivity index (χ0) is 10.1. The van der Waals surface area contributed by atoms with Gasteiger partial charge in [-0.1, -0.05) is 18.5 Å². The third-order valence-electron chi connectivity index (χ3n) is 2.93. The molecule has 76 valence electrons. The Morgan fingerprint density at radius 3 is 3.07 bits per heavy atom. The molecule has 2 atom stereocenters. The van der Waals surface area contributed by atoms with Crippen LogP contribution in [-0.4, -0.2) is 13.2 Å². The van der Waals surface area contributed by atoms with Gasteiger partial charge in [0, 0.05) is 10.9 Å². The van der Waals surface area contributed by atoms with Gasteiger partial charge in [-0.25, -0.2) is 0 Å². The van der Waals surface area contributed by atoms with Crippen LogP contribution in [0.4, 0.5) is 0 Å². The van der Waals surface area contributed by atoms with E-state index >= 15 is 0 Å². The summed E-state index contributed by atoms with van der Waals surface area (Å²) in [6.07, 6.45) is 0. The molecule has 0 aromatic heterocycles. The van der Waals surface area contributed by atoms with Crippen molar-refractivity contribution in [2.24, 2.45) is 11.7 Å². The summed E-state index contributed by atoms with van der Waals surface area (Å²) in [4.78, 5) is 0. The maximum Gasteiger partial charge on any atom is 0.122 e. The molecule has 0 aliphatic carbocycles. The highest BCUT2D eigenvalue weighted by Gasteiger charge is 2.26. The van der Waals surface area contributed by atoms with Crippen LogP contribution >= 0.6 is 11.6 Å². The van der Waals surface area contributed by atoms with Gasteiger partial charge in [0.05, 0.1) is 6.61 Å². The second-order valence-corrected chi connectivity index (χ2v) is 4.21. The molecule has 0 fully saturated rings. The van der Waals surface area contributed by atoms with Crippen LogP contribution in [0.1, 0.15) is 18.4 Å². The van der Waals surface area contributed by atoms with Crippen molar-refractivity contribution in [3.63, 3.8) is 0 Å². The molecule has 2 nitrogen and oxygen atoms in total. The second-order valence-electron chi connectivity index (χ2n) is 3.78. The van der Waals surface area contributed by atoms with E-state index in [1.807, 2.05) is 18.2 Å². The predicted molar refractivity (Wildman–Crippen MR) is 57.9 cm³/mol. The fraction of sp³-hybridized carbons (Fsp3) is 0.455. The van der Waals surface area contributed by atoms with Crippen molar-refractivity contribution in [3.05, 3.63) is 28.8 Å². The fourth-order valence-corrected chi connectivity index (χ4v) is 2.05. The Kier molecular flexibility index (Phi) is 2.66. The van der Waals surface area contributed by atoms with Crippen LogP contribution in [0.5, 0.6) is 5.75 Å². The maximum atomic E-state index is 5.95. The maximum absolute atomic E-state index is 5.95. The molecule has 0 amide bonds. The molecule has 1 aliphatic rings. The average molecular weight is 212 g/mol. The van der Waals surface area contributed by atoms with E-state index in [4.69, 9.17) is 22.1 Å². The van der Waals surface area contributed by atoms with Gasteiger partial charge < -0.3 is 10.5 Å². The van der Waals surface area contributed by atoms with E-state index in [0.717, 1.165) is 10.8 Å². The number of benzene rings is 1. The summed E-state index contributed by atoms with van der Waals surface area (Å²) in [5.74, 6) is 1.79. The van der Waals surface area contributed by atoms with E-state index in [9.17, 15) is 0 Å². The lowest BCUT2D eigenvalue weighted by Crippen LogP contribution is -2.30. The Morgan fingerprint density at radius 1 is 1.57 bits per heavy atom. The van der Waals surface area contributed by atoms with Crippen LogP contribution in [0, 0.1) is 5.92 Å². The molecule has 0 saturated carbocycles. The zero-order valence-corrected chi connectivity index (χ0v) is 8.92. The molecule has 1 heterocycles. The van der Waals surface area contributed by atoms with Gasteiger partial charge in [-0.15, -0.1) is 0 Å². The Balaban J connectivity index is 2.38. The van der Waals surface area contributed by atoms with Gasteiger partial charge in [0.1, 0.15) is 5.75 Å². The van der Waals surface area contributed by atoms with Crippen molar-refractivity contribution in [3.8, 4) is 5.75 Å². The molecular formula is C11H14ClNO. The van der Waals surface area contributed by atoms with Gasteiger partial charge in [-0.05, 0) is 36.2 Å². The number of halogens is 1. The average Bonchev–Trinajstić information content (AvgIpc) is 2.20. The quantitative estimate of drug-likeness (QED) is 0.775. The van der Waals surface area contributed by atoms with Crippen LogP contribution in [0.3, 0.4) is 0 Å². The van der Waals surface area contributed by atoms with Crippen molar-refractivity contribution in [1.82, 2.24) is 0 Å². The lowest BCUT2D eigenvalue weighted by atomic mass is 9.86. The minimum Gasteiger partial charge on any atom is -0.493 e. The molecule has 0 spiro atoms. The summed E-state index contributed by atoms with van der Waals surface area (Å²) in [5, 5.41) is 0.761. The molecule has 0 radical (unpaired) electrons. The van der Waals surface area contributed by atoms with Gasteiger partial charge >= 0.3 is 0 Å². The van der Waals surface area contributed by atoms with Crippen molar-refractivity contribution in [2.45, 2.75) is 12.8 Å². The number of ether oxygens (including phenoxy) is 1. The summed E-state index contributed by atoms with van der Waals surface area (Å²) in [6.45, 7) is 3.55. The number of fused-ring (bicyclic) bond motifs is 1. The molecule has 0 saturated heterocycles. The van der Waals surface area contributed by atoms with E-state index in [-0.39, 0.29) is 0 Å². The monoisotopic (exact) mass is 211 g/mol. The van der Waals surface area contributed by atoms with Crippen LogP contribution in [-0.2, 0) is 0 Å². The largest absolute Gasteiger partial charge is 0.493 e. The van der Waals surface area contributed by atoms with Crippen LogP contribution in [0.2, 0.25) is 5.02 Å². The minimum absolute atomic E-state index is 0.404. The number of hydrogen-bond donors (Lipinski definition) is 1. The smallest absolute Gasteiger partial charge is 0.122 e. The van der Waals surface area contributed by atoms with Crippen molar-refractivity contribution < 1.29 is 4.74 Å². The molecule has 3 heteroatoms. The number of hydrogen-bond acceptors (Lipinski definition) is 2. The lowest BCUT2D eigenvalue weighted by Gasteiger charge is -2.30. The molecule has 2 unspecified atom stereocenters. The van der Waals surface area contributed by atoms with Gasteiger partial charge in [0.15, 0.2) is 0 Å². The first-order valence-corrected chi connectivity index (χ1v) is 5.22. The van der Waals surface area contributed by atoms with Gasteiger partial charge in [0.2, 0.25) is 0 Å². The van der Waals surface area contributed by atoms with E-state index in [2.05, 4.69) is 6.92 Å². The molecule has 1 aromatic rings. The fourth-order valence-electron chi connectivity index (χ4n) is 1.87. The first kappa shape index (κ1) is 9.81. The molecule has 2 rings (SSSR count). The molecule has 14 heavy (non-hydrogen) atoms. The van der Waals surface area contributed by atoms with Crippen molar-refractivity contribution >= 4 is 11.6 Å². The standard InChI is InChI=1S/C11H14ClNO/c1-7-8(5-13)6-14-11-3-2-9(12)4-10(7)11/h2-4,7-8H,5-6,13H2,1H3. The Bertz CT molecular complexity index is 340. The van der Waals surface area contributed by atoms with Crippen LogP contribution in [0.15, 0.2) is 18.2 Å². The summed E-state index contributed by atoms with van der Waals surface area (Å²) in [7, 11) is 0. The minimum atomic E-state index is 0.404. The molecule has 0 bridgehead atoms. The zero-order valence-electron chi connectivity index (χ0n) is 8.16. The van der Waals surface area contributed by atoms with E-state index < -0.39 is 0 Å². The lowest BCUT2D eigenvalue weighted by molar-refractivity contribution is 0.203. The van der Waals surface area contributed by atoms with Crippen LogP contribution in [0.25, 0.3) is 0 Å². The SMILES string of the molecule is CC1c2cc(Cl)ccc2OCC1CN. The number of rotatable bonds is 1. The normalized spacial score (nSPS) is 25.4. The summed E-state index contributed by atoms with van der Waals surface area (Å²) < 4.78 is 5.61. The Labute approximate surface area is 89.0 Å². The highest BCUT2D eigenvalue weighted by atomic mass is 35.5. The van der Waals surface area contributed by atoms with Crippen LogP contribution < -0.4 is 10.5 Å². The highest BCUT2D eigenvalue weighted by molar-refractivity contribution is 6.30. The van der Waals surface area contributed by atoms with Gasteiger partial charge in [0.25, 0.3) is 0 Å². The van der Waals surface area contributed by atoms with E-state index in [1.165, 1.54) is 5.56 Å². The predicted octanol–water partition coefficient (Wildman–Crippen LogP) is 2.41. The third kappa shape index (κ3) is 1.60. The number of nitrogens with two attached hydrogens (primary N) is 1. The molecule has 1 aromatic carbocycles. The van der Waals surface area contributed by atoms with Gasteiger partial charge in [-0.2, -0.15) is 0 Å². The molecular weight excluding hydrogens is 198 g/mol. The molecule has 2 N–H and O–H groups in total. The second kappa shape index (κ2) is 3.79. The Morgan fingerprint density at radius 2 is 2.36 bits per heavy atom. The van der Waals surface area contributed by atoms with Crippen molar-refractivity contribution in [1.29, 1.82) is 0 Å². The first-order valence-electron chi connectivity index (χ1n) is 4.84. The Hall–Kier alpha value is -0.730. The van der Waals surface area contributed by atoms with E-state index in [0.29, 0.717) is 25.0 Å². The summed E-state index contributed by atoms with van der Waals surface area (Å²) >= 11 is 5.95. The summed E-state index contributed by atoms with van der Waals surface area (Å²) in [5.41, 5.74) is 6.86.